The molecular formula is C20H35N3O2Si. The van der Waals surface area contributed by atoms with Gasteiger partial charge in [-0.15, -0.1) is 0 Å². The Hall–Kier alpha value is -1.37. The second-order valence-corrected chi connectivity index (χ2v) is 14.4. The van der Waals surface area contributed by atoms with Gasteiger partial charge >= 0.3 is 6.09 Å². The van der Waals surface area contributed by atoms with Gasteiger partial charge in [0.25, 0.3) is 0 Å². The van der Waals surface area contributed by atoms with Crippen molar-refractivity contribution in [2.45, 2.75) is 52.6 Å². The second-order valence-electron chi connectivity index (χ2n) is 9.33. The molecule has 1 aromatic rings. The highest BCUT2D eigenvalue weighted by atomic mass is 28.3. The summed E-state index contributed by atoms with van der Waals surface area (Å²) >= 11 is 0. The summed E-state index contributed by atoms with van der Waals surface area (Å²) in [6.45, 7) is 18.1. The van der Waals surface area contributed by atoms with Crippen molar-refractivity contribution in [2.75, 3.05) is 38.5 Å². The van der Waals surface area contributed by atoms with Gasteiger partial charge in [-0.25, -0.2) is 4.79 Å². The molecular weight excluding hydrogens is 342 g/mol. The molecule has 0 atom stereocenters. The summed E-state index contributed by atoms with van der Waals surface area (Å²) < 4.78 is 5.38. The van der Waals surface area contributed by atoms with Gasteiger partial charge in [-0.05, 0) is 45.5 Å². The van der Waals surface area contributed by atoms with E-state index in [1.54, 1.807) is 0 Å². The van der Waals surface area contributed by atoms with E-state index in [1.165, 1.54) is 10.8 Å². The smallest absolute Gasteiger partial charge is 0.412 e. The number of anilines is 1. The van der Waals surface area contributed by atoms with Gasteiger partial charge in [0.2, 0.25) is 0 Å². The van der Waals surface area contributed by atoms with Gasteiger partial charge in [0, 0.05) is 38.4 Å². The van der Waals surface area contributed by atoms with Crippen molar-refractivity contribution in [2.24, 2.45) is 0 Å². The molecule has 2 rings (SSSR count). The number of rotatable bonds is 4. The maximum Gasteiger partial charge on any atom is 0.412 e. The minimum atomic E-state index is -1.53. The molecule has 1 saturated heterocycles. The van der Waals surface area contributed by atoms with Crippen molar-refractivity contribution in [1.29, 1.82) is 0 Å². The number of hydrogen-bond acceptors (Lipinski definition) is 4. The summed E-state index contributed by atoms with van der Waals surface area (Å²) in [5, 5.41) is 4.30. The van der Waals surface area contributed by atoms with Crippen LogP contribution in [0.4, 0.5) is 10.5 Å². The van der Waals surface area contributed by atoms with Gasteiger partial charge in [0.1, 0.15) is 5.60 Å². The standard InChI is InChI=1S/C20H35N3O2Si/c1-20(2,3)25-19(24)21-17-9-8-16(18(14-17)26(5,6)7)15-23-12-10-22(4)11-13-23/h8-9,14H,10-13,15H2,1-7H3,(H,21,24). The van der Waals surface area contributed by atoms with Crippen LogP contribution in [0.3, 0.4) is 0 Å². The van der Waals surface area contributed by atoms with E-state index < -0.39 is 19.8 Å². The summed E-state index contributed by atoms with van der Waals surface area (Å²) in [5.41, 5.74) is 1.72. The van der Waals surface area contributed by atoms with Gasteiger partial charge in [0.15, 0.2) is 0 Å². The highest BCUT2D eigenvalue weighted by Crippen LogP contribution is 2.17. The van der Waals surface area contributed by atoms with E-state index in [1.807, 2.05) is 26.8 Å². The maximum atomic E-state index is 12.1. The fourth-order valence-corrected chi connectivity index (χ4v) is 4.87. The second kappa shape index (κ2) is 8.11. The minimum absolute atomic E-state index is 0.397. The summed E-state index contributed by atoms with van der Waals surface area (Å²) in [5.74, 6) is 0. The molecule has 6 heteroatoms. The number of benzene rings is 1. The molecule has 5 nitrogen and oxygen atoms in total. The first-order valence-corrected chi connectivity index (χ1v) is 13.0. The summed E-state index contributed by atoms with van der Waals surface area (Å²) in [4.78, 5) is 17.0. The Morgan fingerprint density at radius 1 is 1.15 bits per heavy atom. The Morgan fingerprint density at radius 3 is 2.31 bits per heavy atom. The van der Waals surface area contributed by atoms with Crippen LogP contribution >= 0.6 is 0 Å². The van der Waals surface area contributed by atoms with E-state index in [-0.39, 0.29) is 0 Å². The van der Waals surface area contributed by atoms with Crippen molar-refractivity contribution in [3.05, 3.63) is 23.8 Å². The molecule has 0 aromatic heterocycles. The third kappa shape index (κ3) is 6.41. The van der Waals surface area contributed by atoms with Crippen LogP contribution in [0.15, 0.2) is 18.2 Å². The lowest BCUT2D eigenvalue weighted by Gasteiger charge is -2.33. The molecule has 1 N–H and O–H groups in total. The molecule has 26 heavy (non-hydrogen) atoms. The van der Waals surface area contributed by atoms with Crippen LogP contribution in [0.25, 0.3) is 0 Å². The number of likely N-dealkylation sites (N-methyl/N-ethyl adjacent to an activating group) is 1. The molecule has 1 aliphatic rings. The fraction of sp³-hybridized carbons (Fsp3) is 0.650. The van der Waals surface area contributed by atoms with Crippen LogP contribution in [0.1, 0.15) is 26.3 Å². The molecule has 0 unspecified atom stereocenters. The van der Waals surface area contributed by atoms with Crippen molar-refractivity contribution >= 4 is 25.0 Å². The fourth-order valence-electron chi connectivity index (χ4n) is 3.16. The van der Waals surface area contributed by atoms with Crippen molar-refractivity contribution < 1.29 is 9.53 Å². The lowest BCUT2D eigenvalue weighted by atomic mass is 10.1. The van der Waals surface area contributed by atoms with Crippen LogP contribution in [0.5, 0.6) is 0 Å². The van der Waals surface area contributed by atoms with Crippen LogP contribution in [-0.2, 0) is 11.3 Å². The van der Waals surface area contributed by atoms with E-state index in [9.17, 15) is 4.79 Å². The number of hydrogen-bond donors (Lipinski definition) is 1. The number of nitrogens with one attached hydrogen (secondary N) is 1. The van der Waals surface area contributed by atoms with Gasteiger partial charge in [0.05, 0.1) is 8.07 Å². The number of amides is 1. The summed E-state index contributed by atoms with van der Waals surface area (Å²) in [7, 11) is 0.648. The lowest BCUT2D eigenvalue weighted by Crippen LogP contribution is -2.46. The zero-order chi connectivity index (χ0) is 19.5. The number of carbonyl (C=O) groups excluding carboxylic acids is 1. The minimum Gasteiger partial charge on any atom is -0.444 e. The van der Waals surface area contributed by atoms with Crippen molar-refractivity contribution in [3.63, 3.8) is 0 Å². The third-order valence-corrected chi connectivity index (χ3v) is 6.63. The van der Waals surface area contributed by atoms with Gasteiger partial charge in [-0.3, -0.25) is 10.2 Å². The normalized spacial score (nSPS) is 17.2. The van der Waals surface area contributed by atoms with Gasteiger partial charge < -0.3 is 9.64 Å². The van der Waals surface area contributed by atoms with E-state index in [0.29, 0.717) is 0 Å². The Morgan fingerprint density at radius 2 is 1.77 bits per heavy atom. The average Bonchev–Trinajstić information content (AvgIpc) is 2.48. The summed E-state index contributed by atoms with van der Waals surface area (Å²) in [6, 6.07) is 6.33. The van der Waals surface area contributed by atoms with E-state index >= 15 is 0 Å². The maximum absolute atomic E-state index is 12.1. The molecule has 1 fully saturated rings. The molecule has 1 heterocycles. The first-order valence-electron chi connectivity index (χ1n) is 9.48. The molecule has 146 valence electrons. The van der Waals surface area contributed by atoms with Crippen molar-refractivity contribution in [3.8, 4) is 0 Å². The monoisotopic (exact) mass is 377 g/mol. The van der Waals surface area contributed by atoms with E-state index in [2.05, 4.69) is 53.9 Å². The molecule has 0 saturated carbocycles. The SMILES string of the molecule is CN1CCN(Cc2ccc(NC(=O)OC(C)(C)C)cc2[Si](C)(C)C)CC1. The molecule has 0 spiro atoms. The van der Waals surface area contributed by atoms with Crippen LogP contribution < -0.4 is 10.5 Å². The van der Waals surface area contributed by atoms with Crippen LogP contribution in [0.2, 0.25) is 19.6 Å². The molecule has 0 radical (unpaired) electrons. The molecule has 1 amide bonds. The largest absolute Gasteiger partial charge is 0.444 e. The van der Waals surface area contributed by atoms with Gasteiger partial charge in [-0.1, -0.05) is 30.9 Å². The first-order chi connectivity index (χ1) is 11.9. The van der Waals surface area contributed by atoms with Crippen LogP contribution in [0, 0.1) is 0 Å². The quantitative estimate of drug-likeness (QED) is 0.818. The topological polar surface area (TPSA) is 44.8 Å². The Kier molecular flexibility index (Phi) is 6.53. The average molecular weight is 378 g/mol. The third-order valence-electron chi connectivity index (χ3n) is 4.55. The van der Waals surface area contributed by atoms with E-state index in [4.69, 9.17) is 4.74 Å². The van der Waals surface area contributed by atoms with E-state index in [0.717, 1.165) is 38.4 Å². The Labute approximate surface area is 159 Å². The number of carbonyl (C=O) groups is 1. The van der Waals surface area contributed by atoms with Crippen LogP contribution in [-0.4, -0.2) is 62.8 Å². The number of ether oxygens (including phenoxy) is 1. The molecule has 0 aliphatic carbocycles. The zero-order valence-corrected chi connectivity index (χ0v) is 18.5. The number of piperazine rings is 1. The highest BCUT2D eigenvalue weighted by Gasteiger charge is 2.24. The molecule has 1 aromatic carbocycles. The highest BCUT2D eigenvalue weighted by molar-refractivity contribution is 6.89. The molecule has 1 aliphatic heterocycles. The lowest BCUT2D eigenvalue weighted by molar-refractivity contribution is 0.0636. The van der Waals surface area contributed by atoms with Gasteiger partial charge in [-0.2, -0.15) is 0 Å². The predicted octanol–water partition coefficient (Wildman–Crippen LogP) is 3.33. The first kappa shape index (κ1) is 20.9. The predicted molar refractivity (Wildman–Crippen MR) is 112 cm³/mol. The van der Waals surface area contributed by atoms with Crippen molar-refractivity contribution in [1.82, 2.24) is 9.80 Å². The summed E-state index contributed by atoms with van der Waals surface area (Å²) in [6.07, 6.45) is -0.397. The Bertz CT molecular complexity index is 627. The molecule has 0 bridgehead atoms. The zero-order valence-electron chi connectivity index (χ0n) is 17.5. The Balaban J connectivity index is 2.15. The number of nitrogens with zero attached hydrogens (tertiary/aromatic N) is 2.